The van der Waals surface area contributed by atoms with Crippen molar-refractivity contribution in [2.45, 2.75) is 32.9 Å². The summed E-state index contributed by atoms with van der Waals surface area (Å²) in [6.45, 7) is 5.44. The third-order valence-corrected chi connectivity index (χ3v) is 8.29. The molecule has 0 aliphatic carbocycles. The van der Waals surface area contributed by atoms with Crippen molar-refractivity contribution < 1.29 is 18.0 Å². The molecule has 0 saturated carbocycles. The lowest BCUT2D eigenvalue weighted by atomic mass is 10.1. The van der Waals surface area contributed by atoms with E-state index in [1.807, 2.05) is 43.0 Å². The van der Waals surface area contributed by atoms with E-state index in [-0.39, 0.29) is 41.0 Å². The molecule has 0 aromatic heterocycles. The van der Waals surface area contributed by atoms with Crippen molar-refractivity contribution >= 4 is 49.8 Å². The summed E-state index contributed by atoms with van der Waals surface area (Å²) in [5.41, 5.74) is 4.14. The number of Topliss-reactive ketones (excluding diaryl/α,β-unsaturated/α-hetero) is 1. The van der Waals surface area contributed by atoms with Crippen molar-refractivity contribution in [3.05, 3.63) is 59.2 Å². The SMILES string of the molecule is CC(=O)c1cccc(N2C(SCC(=O)Nc3ccc(C)cc3C)=N[C@H]3CS(=O)(=O)C[C@@H]32)c1. The van der Waals surface area contributed by atoms with Gasteiger partial charge in [0.05, 0.1) is 29.3 Å². The minimum absolute atomic E-state index is 0.000612. The number of hydrogen-bond donors (Lipinski definition) is 1. The number of carbonyl (C=O) groups is 2. The molecule has 1 amide bonds. The fourth-order valence-corrected chi connectivity index (χ4v) is 6.85. The number of carbonyl (C=O) groups excluding carboxylic acids is 2. The molecule has 9 heteroatoms. The number of rotatable bonds is 5. The summed E-state index contributed by atoms with van der Waals surface area (Å²) in [6.07, 6.45) is 0. The largest absolute Gasteiger partial charge is 0.325 e. The Kier molecular flexibility index (Phi) is 6.13. The Bertz CT molecular complexity index is 1220. The minimum atomic E-state index is -3.18. The van der Waals surface area contributed by atoms with Gasteiger partial charge in [-0.15, -0.1) is 0 Å². The van der Waals surface area contributed by atoms with Crippen LogP contribution in [0.3, 0.4) is 0 Å². The van der Waals surface area contributed by atoms with Gasteiger partial charge in [0.25, 0.3) is 0 Å². The Labute approximate surface area is 192 Å². The molecule has 2 aromatic rings. The Morgan fingerprint density at radius 3 is 2.66 bits per heavy atom. The molecular weight excluding hydrogens is 446 g/mol. The number of nitrogens with one attached hydrogen (secondary N) is 1. The van der Waals surface area contributed by atoms with E-state index in [9.17, 15) is 18.0 Å². The van der Waals surface area contributed by atoms with Gasteiger partial charge >= 0.3 is 0 Å². The van der Waals surface area contributed by atoms with Crippen LogP contribution in [0.25, 0.3) is 0 Å². The second-order valence-corrected chi connectivity index (χ2v) is 11.4. The van der Waals surface area contributed by atoms with Crippen LogP contribution in [-0.2, 0) is 14.6 Å². The van der Waals surface area contributed by atoms with Gasteiger partial charge in [0.1, 0.15) is 0 Å². The van der Waals surface area contributed by atoms with Crippen LogP contribution < -0.4 is 10.2 Å². The Morgan fingerprint density at radius 2 is 1.94 bits per heavy atom. The van der Waals surface area contributed by atoms with Crippen molar-refractivity contribution in [2.24, 2.45) is 4.99 Å². The molecule has 1 N–H and O–H groups in total. The number of aliphatic imine (C=N–C) groups is 1. The van der Waals surface area contributed by atoms with Gasteiger partial charge in [0.15, 0.2) is 20.8 Å². The van der Waals surface area contributed by atoms with E-state index >= 15 is 0 Å². The number of amides is 1. The van der Waals surface area contributed by atoms with Crippen molar-refractivity contribution in [3.8, 4) is 0 Å². The molecule has 2 atom stereocenters. The molecule has 1 fully saturated rings. The number of ketones is 1. The first-order valence-corrected chi connectivity index (χ1v) is 13.1. The summed E-state index contributed by atoms with van der Waals surface area (Å²) < 4.78 is 24.4. The van der Waals surface area contributed by atoms with Crippen LogP contribution in [0.2, 0.25) is 0 Å². The maximum Gasteiger partial charge on any atom is 0.234 e. The van der Waals surface area contributed by atoms with Crippen LogP contribution in [0.5, 0.6) is 0 Å². The first-order valence-electron chi connectivity index (χ1n) is 10.3. The molecule has 2 heterocycles. The zero-order valence-electron chi connectivity index (χ0n) is 18.2. The molecule has 1 saturated heterocycles. The smallest absolute Gasteiger partial charge is 0.234 e. The van der Waals surface area contributed by atoms with Crippen molar-refractivity contribution in [1.29, 1.82) is 0 Å². The van der Waals surface area contributed by atoms with E-state index in [0.29, 0.717) is 16.4 Å². The highest BCUT2D eigenvalue weighted by Gasteiger charge is 2.47. The topological polar surface area (TPSA) is 95.9 Å². The average Bonchev–Trinajstić information content (AvgIpc) is 3.19. The lowest BCUT2D eigenvalue weighted by Crippen LogP contribution is -2.39. The molecule has 0 spiro atoms. The zero-order chi connectivity index (χ0) is 23.0. The summed E-state index contributed by atoms with van der Waals surface area (Å²) in [5.74, 6) is -0.0855. The first kappa shape index (κ1) is 22.5. The van der Waals surface area contributed by atoms with Gasteiger partial charge in [-0.3, -0.25) is 14.6 Å². The molecule has 2 aromatic carbocycles. The maximum atomic E-state index is 12.6. The van der Waals surface area contributed by atoms with Gasteiger partial charge in [0.2, 0.25) is 5.91 Å². The number of nitrogens with zero attached hydrogens (tertiary/aromatic N) is 2. The molecule has 7 nitrogen and oxygen atoms in total. The third-order valence-electron chi connectivity index (χ3n) is 5.63. The monoisotopic (exact) mass is 471 g/mol. The number of hydrogen-bond acceptors (Lipinski definition) is 7. The molecule has 2 aliphatic rings. The van der Waals surface area contributed by atoms with Gasteiger partial charge in [-0.25, -0.2) is 8.42 Å². The van der Waals surface area contributed by atoms with E-state index in [2.05, 4.69) is 10.3 Å². The standard InChI is InChI=1S/C23H25N3O4S2/c1-14-7-8-19(15(2)9-14)24-22(28)11-31-23-25-20-12-32(29,30)13-21(20)26(23)18-6-4-5-17(10-18)16(3)27/h4-10,20-21H,11-13H2,1-3H3,(H,24,28)/t20-,21-/m0/s1. The Morgan fingerprint density at radius 1 is 1.16 bits per heavy atom. The van der Waals surface area contributed by atoms with Gasteiger partial charge in [-0.1, -0.05) is 41.6 Å². The Balaban J connectivity index is 1.54. The summed E-state index contributed by atoms with van der Waals surface area (Å²) in [4.78, 5) is 31.0. The van der Waals surface area contributed by atoms with E-state index in [4.69, 9.17) is 0 Å². The van der Waals surface area contributed by atoms with Crippen molar-refractivity contribution in [3.63, 3.8) is 0 Å². The van der Waals surface area contributed by atoms with Crippen molar-refractivity contribution in [1.82, 2.24) is 0 Å². The molecule has 0 bridgehead atoms. The van der Waals surface area contributed by atoms with Crippen LogP contribution in [0.15, 0.2) is 47.5 Å². The molecule has 32 heavy (non-hydrogen) atoms. The average molecular weight is 472 g/mol. The minimum Gasteiger partial charge on any atom is -0.325 e. The van der Waals surface area contributed by atoms with Crippen molar-refractivity contribution in [2.75, 3.05) is 27.5 Å². The fourth-order valence-electron chi connectivity index (χ4n) is 4.08. The number of thioether (sulfide) groups is 1. The number of fused-ring (bicyclic) bond motifs is 1. The number of aryl methyl sites for hydroxylation is 2. The molecule has 168 valence electrons. The van der Waals surface area contributed by atoms with Crippen LogP contribution >= 0.6 is 11.8 Å². The molecular formula is C23H25N3O4S2. The van der Waals surface area contributed by atoms with Crippen LogP contribution in [-0.4, -0.2) is 54.6 Å². The van der Waals surface area contributed by atoms with Crippen LogP contribution in [0, 0.1) is 13.8 Å². The lowest BCUT2D eigenvalue weighted by molar-refractivity contribution is -0.113. The van der Waals surface area contributed by atoms with Crippen LogP contribution in [0.1, 0.15) is 28.4 Å². The number of anilines is 2. The number of benzene rings is 2. The van der Waals surface area contributed by atoms with Gasteiger partial charge in [0, 0.05) is 16.9 Å². The third kappa shape index (κ3) is 4.73. The first-order chi connectivity index (χ1) is 15.1. The van der Waals surface area contributed by atoms with Crippen LogP contribution in [0.4, 0.5) is 11.4 Å². The fraction of sp³-hybridized carbons (Fsp3) is 0.348. The highest BCUT2D eigenvalue weighted by molar-refractivity contribution is 8.14. The van der Waals surface area contributed by atoms with Gasteiger partial charge in [-0.2, -0.15) is 0 Å². The van der Waals surface area contributed by atoms with Gasteiger partial charge in [-0.05, 0) is 44.5 Å². The second-order valence-electron chi connectivity index (χ2n) is 8.26. The Hall–Kier alpha value is -2.65. The number of amidine groups is 1. The van der Waals surface area contributed by atoms with E-state index in [1.165, 1.54) is 18.7 Å². The zero-order valence-corrected chi connectivity index (χ0v) is 19.8. The van der Waals surface area contributed by atoms with Gasteiger partial charge < -0.3 is 10.2 Å². The quantitative estimate of drug-likeness (QED) is 0.673. The lowest BCUT2D eigenvalue weighted by Gasteiger charge is -2.26. The summed E-state index contributed by atoms with van der Waals surface area (Å²) in [5, 5.41) is 3.53. The molecule has 4 rings (SSSR count). The normalized spacial score (nSPS) is 21.2. The van der Waals surface area contributed by atoms with E-state index < -0.39 is 9.84 Å². The summed E-state index contributed by atoms with van der Waals surface area (Å²) in [7, 11) is -3.18. The molecule has 2 aliphatic heterocycles. The predicted octanol–water partition coefficient (Wildman–Crippen LogP) is 3.22. The highest BCUT2D eigenvalue weighted by Crippen LogP contribution is 2.35. The summed E-state index contributed by atoms with van der Waals surface area (Å²) >= 11 is 1.28. The van der Waals surface area contributed by atoms with E-state index in [0.717, 1.165) is 16.8 Å². The number of sulfone groups is 1. The molecule has 0 unspecified atom stereocenters. The highest BCUT2D eigenvalue weighted by atomic mass is 32.2. The predicted molar refractivity (Wildman–Crippen MR) is 130 cm³/mol. The summed E-state index contributed by atoms with van der Waals surface area (Å²) in [6, 6.07) is 12.2. The second kappa shape index (κ2) is 8.71. The maximum absolute atomic E-state index is 12.6. The van der Waals surface area contributed by atoms with E-state index in [1.54, 1.807) is 18.2 Å². The molecule has 0 radical (unpaired) electrons.